The normalized spacial score (nSPS) is 12.3. The fourth-order valence-electron chi connectivity index (χ4n) is 2.72. The van der Waals surface area contributed by atoms with Gasteiger partial charge in [0, 0.05) is 17.5 Å². The third-order valence-corrected chi connectivity index (χ3v) is 4.93. The molecule has 0 aliphatic rings. The van der Waals surface area contributed by atoms with E-state index < -0.39 is 47.1 Å². The molecular weight excluding hydrogens is 450 g/mol. The molecule has 1 heterocycles. The van der Waals surface area contributed by atoms with Gasteiger partial charge in [0.1, 0.15) is 12.4 Å². The number of aromatic nitrogens is 4. The van der Waals surface area contributed by atoms with Crippen molar-refractivity contribution in [3.05, 3.63) is 63.6 Å². The predicted octanol–water partition coefficient (Wildman–Crippen LogP) is 4.48. The van der Waals surface area contributed by atoms with Gasteiger partial charge in [-0.15, -0.1) is 0 Å². The average Bonchev–Trinajstić information content (AvgIpc) is 2.97. The number of alkyl halides is 6. The Kier molecular flexibility index (Phi) is 6.07. The van der Waals surface area contributed by atoms with E-state index in [1.54, 1.807) is 6.92 Å². The third-order valence-electron chi connectivity index (χ3n) is 4.10. The lowest BCUT2D eigenvalue weighted by molar-refractivity contribution is -0.139. The van der Waals surface area contributed by atoms with Crippen LogP contribution in [0.1, 0.15) is 16.7 Å². The Labute approximate surface area is 175 Å². The molecule has 0 spiro atoms. The van der Waals surface area contributed by atoms with E-state index in [-0.39, 0.29) is 16.1 Å². The highest BCUT2D eigenvalue weighted by molar-refractivity contribution is 8.00. The maximum Gasteiger partial charge on any atom is 0.446 e. The topological polar surface area (TPSA) is 61.9 Å². The second-order valence-electron chi connectivity index (χ2n) is 6.38. The second-order valence-corrected chi connectivity index (χ2v) is 7.49. The number of ether oxygens (including phenoxy) is 1. The monoisotopic (exact) mass is 464 g/mol. The summed E-state index contributed by atoms with van der Waals surface area (Å²) in [5.41, 5.74) is -6.29. The summed E-state index contributed by atoms with van der Waals surface area (Å²) in [6.45, 7) is 0.870. The molecule has 0 aliphatic heterocycles. The number of tetrazole rings is 1. The molecule has 0 radical (unpaired) electrons. The molecule has 6 nitrogen and oxygen atoms in total. The van der Waals surface area contributed by atoms with Crippen LogP contribution in [0, 0.1) is 6.92 Å². The zero-order chi connectivity index (χ0) is 23.0. The first-order valence-electron chi connectivity index (χ1n) is 8.54. The molecule has 1 aromatic heterocycles. The molecule has 2 aromatic carbocycles. The fourth-order valence-corrected chi connectivity index (χ4v) is 3.40. The zero-order valence-electron chi connectivity index (χ0n) is 16.0. The smallest absolute Gasteiger partial charge is 0.446 e. The van der Waals surface area contributed by atoms with Gasteiger partial charge in [0.05, 0.1) is 11.3 Å². The highest BCUT2D eigenvalue weighted by atomic mass is 32.2. The van der Waals surface area contributed by atoms with Crippen molar-refractivity contribution in [1.29, 1.82) is 0 Å². The van der Waals surface area contributed by atoms with Gasteiger partial charge in [-0.3, -0.25) is 0 Å². The van der Waals surface area contributed by atoms with E-state index in [2.05, 4.69) is 10.4 Å². The van der Waals surface area contributed by atoms with E-state index in [0.29, 0.717) is 5.56 Å². The molecule has 3 rings (SSSR count). The molecule has 0 atom stereocenters. The summed E-state index contributed by atoms with van der Waals surface area (Å²) < 4.78 is 86.0. The number of hydrogen-bond donors (Lipinski definition) is 0. The summed E-state index contributed by atoms with van der Waals surface area (Å²) in [5.74, 6) is -0.545. The van der Waals surface area contributed by atoms with Crippen molar-refractivity contribution >= 4 is 11.8 Å². The summed E-state index contributed by atoms with van der Waals surface area (Å²) in [6.07, 6.45) is -4.73. The summed E-state index contributed by atoms with van der Waals surface area (Å²) in [4.78, 5) is 11.9. The van der Waals surface area contributed by atoms with E-state index >= 15 is 0 Å². The highest BCUT2D eigenvalue weighted by Crippen LogP contribution is 2.41. The zero-order valence-corrected chi connectivity index (χ0v) is 16.8. The van der Waals surface area contributed by atoms with Crippen LogP contribution in [0.2, 0.25) is 0 Å². The first-order valence-corrected chi connectivity index (χ1v) is 9.36. The lowest BCUT2D eigenvalue weighted by Crippen LogP contribution is -2.23. The minimum absolute atomic E-state index is 0.0893. The quantitative estimate of drug-likeness (QED) is 0.412. The van der Waals surface area contributed by atoms with Crippen LogP contribution < -0.4 is 10.4 Å². The Morgan fingerprint density at radius 2 is 1.77 bits per heavy atom. The minimum atomic E-state index is -4.73. The third kappa shape index (κ3) is 5.21. The molecule has 0 N–H and O–H groups in total. The number of aryl methyl sites for hydroxylation is 2. The number of rotatable bonds is 5. The lowest BCUT2D eigenvalue weighted by atomic mass is 10.1. The van der Waals surface area contributed by atoms with Crippen molar-refractivity contribution < 1.29 is 31.1 Å². The Morgan fingerprint density at radius 3 is 2.35 bits per heavy atom. The summed E-state index contributed by atoms with van der Waals surface area (Å²) in [5, 5.41) is 7.11. The molecule has 0 aliphatic carbocycles. The van der Waals surface area contributed by atoms with Crippen molar-refractivity contribution in [2.24, 2.45) is 7.05 Å². The van der Waals surface area contributed by atoms with Crippen molar-refractivity contribution in [2.75, 3.05) is 0 Å². The molecule has 31 heavy (non-hydrogen) atoms. The number of hydrogen-bond acceptors (Lipinski definition) is 5. The van der Waals surface area contributed by atoms with E-state index in [1.807, 2.05) is 0 Å². The standard InChI is InChI=1S/C18H14F6N4O2S/c1-10-6-7-12(17(19,20)21)14(8-10)30-9-11-13(28-16(29)27(2)25-26-28)4-3-5-15(11)31-18(22,23)24/h3-8H,9H2,1-2H3. The van der Waals surface area contributed by atoms with Crippen LogP contribution in [0.4, 0.5) is 26.3 Å². The molecular formula is C18H14F6N4O2S. The molecule has 0 amide bonds. The number of benzene rings is 2. The van der Waals surface area contributed by atoms with Gasteiger partial charge in [-0.2, -0.15) is 35.7 Å². The summed E-state index contributed by atoms with van der Waals surface area (Å²) >= 11 is -0.476. The maximum absolute atomic E-state index is 13.3. The van der Waals surface area contributed by atoms with Gasteiger partial charge in [-0.05, 0) is 58.9 Å². The molecule has 0 saturated heterocycles. The van der Waals surface area contributed by atoms with E-state index in [9.17, 15) is 31.1 Å². The van der Waals surface area contributed by atoms with Crippen molar-refractivity contribution in [2.45, 2.75) is 30.1 Å². The summed E-state index contributed by atoms with van der Waals surface area (Å²) in [6, 6.07) is 6.90. The van der Waals surface area contributed by atoms with Gasteiger partial charge >= 0.3 is 17.4 Å². The van der Waals surface area contributed by atoms with Gasteiger partial charge in [-0.1, -0.05) is 12.1 Å². The van der Waals surface area contributed by atoms with Crippen LogP contribution in [0.5, 0.6) is 5.75 Å². The highest BCUT2D eigenvalue weighted by Gasteiger charge is 2.35. The van der Waals surface area contributed by atoms with Gasteiger partial charge in [0.2, 0.25) is 0 Å². The molecule has 3 aromatic rings. The van der Waals surface area contributed by atoms with Gasteiger partial charge in [0.25, 0.3) is 0 Å². The molecule has 0 saturated carbocycles. The Morgan fingerprint density at radius 1 is 1.06 bits per heavy atom. The van der Waals surface area contributed by atoms with Crippen LogP contribution in [-0.2, 0) is 19.8 Å². The van der Waals surface area contributed by atoms with Gasteiger partial charge in [0.15, 0.2) is 0 Å². The second kappa shape index (κ2) is 8.29. The maximum atomic E-state index is 13.3. The Balaban J connectivity index is 2.09. The SMILES string of the molecule is Cc1ccc(C(F)(F)F)c(OCc2c(SC(F)(F)F)cccc2-n2nnn(C)c2=O)c1. The van der Waals surface area contributed by atoms with Crippen LogP contribution in [0.25, 0.3) is 5.69 Å². The first kappa shape index (κ1) is 22.7. The molecule has 13 heteroatoms. The van der Waals surface area contributed by atoms with Gasteiger partial charge in [-0.25, -0.2) is 4.79 Å². The van der Waals surface area contributed by atoms with E-state index in [1.165, 1.54) is 25.2 Å². The Bertz CT molecular complexity index is 1150. The molecule has 0 bridgehead atoms. The first-order chi connectivity index (χ1) is 14.4. The molecule has 0 unspecified atom stereocenters. The largest absolute Gasteiger partial charge is 0.488 e. The predicted molar refractivity (Wildman–Crippen MR) is 99.0 cm³/mol. The van der Waals surface area contributed by atoms with Crippen molar-refractivity contribution in [1.82, 2.24) is 19.8 Å². The number of thioether (sulfide) groups is 1. The van der Waals surface area contributed by atoms with Crippen LogP contribution >= 0.6 is 11.8 Å². The number of halogens is 6. The Hall–Kier alpha value is -2.96. The fraction of sp³-hybridized carbons (Fsp3) is 0.278. The molecule has 166 valence electrons. The molecule has 0 fully saturated rings. The number of nitrogens with zero attached hydrogens (tertiary/aromatic N) is 4. The minimum Gasteiger partial charge on any atom is -0.488 e. The van der Waals surface area contributed by atoms with Crippen molar-refractivity contribution in [3.63, 3.8) is 0 Å². The van der Waals surface area contributed by atoms with Crippen LogP contribution in [0.15, 0.2) is 46.1 Å². The lowest BCUT2D eigenvalue weighted by Gasteiger charge is -2.18. The summed E-state index contributed by atoms with van der Waals surface area (Å²) in [7, 11) is 1.29. The van der Waals surface area contributed by atoms with Crippen LogP contribution in [-0.4, -0.2) is 25.3 Å². The van der Waals surface area contributed by atoms with Gasteiger partial charge < -0.3 is 4.74 Å². The van der Waals surface area contributed by atoms with Crippen LogP contribution in [0.3, 0.4) is 0 Å². The van der Waals surface area contributed by atoms with E-state index in [4.69, 9.17) is 4.74 Å². The van der Waals surface area contributed by atoms with E-state index in [0.717, 1.165) is 27.6 Å². The average molecular weight is 464 g/mol. The van der Waals surface area contributed by atoms with Crippen molar-refractivity contribution in [3.8, 4) is 11.4 Å².